The smallest absolute Gasteiger partial charge is 0.134 e. The van der Waals surface area contributed by atoms with Crippen molar-refractivity contribution in [1.82, 2.24) is 5.32 Å². The quantitative estimate of drug-likeness (QED) is 0.853. The molecule has 98 valence electrons. The maximum Gasteiger partial charge on any atom is 0.134 e. The van der Waals surface area contributed by atoms with Crippen LogP contribution in [0, 0.1) is 11.3 Å². The molecule has 1 aromatic carbocycles. The van der Waals surface area contributed by atoms with Gasteiger partial charge in [-0.2, -0.15) is 0 Å². The number of hydrogen-bond donors (Lipinski definition) is 1. The lowest BCUT2D eigenvalue weighted by atomic mass is 9.81. The highest BCUT2D eigenvalue weighted by atomic mass is 16.3. The normalized spacial score (nSPS) is 12.5. The van der Waals surface area contributed by atoms with E-state index in [-0.39, 0.29) is 0 Å². The van der Waals surface area contributed by atoms with E-state index in [1.165, 1.54) is 10.9 Å². The highest BCUT2D eigenvalue weighted by Crippen LogP contribution is 2.25. The first-order valence-corrected chi connectivity index (χ1v) is 6.66. The van der Waals surface area contributed by atoms with Gasteiger partial charge in [0.15, 0.2) is 0 Å². The van der Waals surface area contributed by atoms with Crippen LogP contribution < -0.4 is 5.32 Å². The minimum absolute atomic E-state index is 0.319. The topological polar surface area (TPSA) is 25.2 Å². The lowest BCUT2D eigenvalue weighted by Crippen LogP contribution is -2.33. The van der Waals surface area contributed by atoms with Crippen molar-refractivity contribution in [2.24, 2.45) is 11.3 Å². The molecule has 2 rings (SSSR count). The van der Waals surface area contributed by atoms with Crippen LogP contribution in [0.1, 0.15) is 33.3 Å². The second kappa shape index (κ2) is 5.15. The summed E-state index contributed by atoms with van der Waals surface area (Å²) in [5.41, 5.74) is 2.53. The molecule has 0 bridgehead atoms. The van der Waals surface area contributed by atoms with Gasteiger partial charge in [0.05, 0.1) is 6.26 Å². The average molecular weight is 245 g/mol. The van der Waals surface area contributed by atoms with Crippen molar-refractivity contribution in [3.8, 4) is 0 Å². The molecule has 0 saturated heterocycles. The molecule has 0 radical (unpaired) electrons. The summed E-state index contributed by atoms with van der Waals surface area (Å²) in [5, 5.41) is 4.76. The van der Waals surface area contributed by atoms with E-state index in [9.17, 15) is 0 Å². The maximum absolute atomic E-state index is 5.54. The predicted molar refractivity (Wildman–Crippen MR) is 76.5 cm³/mol. The van der Waals surface area contributed by atoms with Crippen LogP contribution in [0.15, 0.2) is 34.9 Å². The molecule has 0 spiro atoms. The van der Waals surface area contributed by atoms with E-state index in [2.05, 4.69) is 45.1 Å². The highest BCUT2D eigenvalue weighted by molar-refractivity contribution is 5.80. The van der Waals surface area contributed by atoms with Gasteiger partial charge in [-0.3, -0.25) is 0 Å². The van der Waals surface area contributed by atoms with Crippen LogP contribution >= 0.6 is 0 Å². The lowest BCUT2D eigenvalue weighted by molar-refractivity contribution is 0.238. The molecule has 0 aliphatic heterocycles. The third-order valence-electron chi connectivity index (χ3n) is 4.02. The molecular formula is C16H23NO. The Hall–Kier alpha value is -1.28. The van der Waals surface area contributed by atoms with Crippen molar-refractivity contribution in [2.45, 2.75) is 34.2 Å². The third kappa shape index (κ3) is 2.75. The largest absolute Gasteiger partial charge is 0.464 e. The van der Waals surface area contributed by atoms with E-state index in [0.29, 0.717) is 11.3 Å². The van der Waals surface area contributed by atoms with Crippen molar-refractivity contribution in [2.75, 3.05) is 6.54 Å². The average Bonchev–Trinajstić information content (AvgIpc) is 2.72. The Bertz CT molecular complexity index is 511. The zero-order chi connectivity index (χ0) is 13.2. The van der Waals surface area contributed by atoms with Gasteiger partial charge in [-0.1, -0.05) is 45.9 Å². The Balaban J connectivity index is 1.99. The number of benzene rings is 1. The van der Waals surface area contributed by atoms with E-state index < -0.39 is 0 Å². The van der Waals surface area contributed by atoms with E-state index in [1.807, 2.05) is 18.4 Å². The van der Waals surface area contributed by atoms with Crippen molar-refractivity contribution in [3.63, 3.8) is 0 Å². The number of hydrogen-bond acceptors (Lipinski definition) is 2. The third-order valence-corrected chi connectivity index (χ3v) is 4.02. The summed E-state index contributed by atoms with van der Waals surface area (Å²) in [7, 11) is 0. The first kappa shape index (κ1) is 13.2. The van der Waals surface area contributed by atoms with Gasteiger partial charge in [0, 0.05) is 24.0 Å². The molecular weight excluding hydrogens is 222 g/mol. The SMILES string of the molecule is CC(C)C(C)(C)CNCc1coc2ccccc12. The molecule has 0 amide bonds. The van der Waals surface area contributed by atoms with Crippen LogP contribution in [-0.4, -0.2) is 6.54 Å². The van der Waals surface area contributed by atoms with Crippen molar-refractivity contribution < 1.29 is 4.42 Å². The minimum atomic E-state index is 0.319. The van der Waals surface area contributed by atoms with E-state index in [0.717, 1.165) is 18.7 Å². The standard InChI is InChI=1S/C16H23NO/c1-12(2)16(3,4)11-17-9-13-10-18-15-8-6-5-7-14(13)15/h5-8,10,12,17H,9,11H2,1-4H3. The van der Waals surface area contributed by atoms with Gasteiger partial charge >= 0.3 is 0 Å². The summed E-state index contributed by atoms with van der Waals surface area (Å²) >= 11 is 0. The van der Waals surface area contributed by atoms with Gasteiger partial charge in [0.1, 0.15) is 5.58 Å². The summed E-state index contributed by atoms with van der Waals surface area (Å²) in [6.45, 7) is 11.0. The second-order valence-corrected chi connectivity index (χ2v) is 6.00. The lowest BCUT2D eigenvalue weighted by Gasteiger charge is -2.29. The van der Waals surface area contributed by atoms with Gasteiger partial charge in [0.2, 0.25) is 0 Å². The molecule has 0 atom stereocenters. The molecule has 0 saturated carbocycles. The zero-order valence-electron chi connectivity index (χ0n) is 11.8. The molecule has 0 unspecified atom stereocenters. The number of nitrogens with one attached hydrogen (secondary N) is 1. The maximum atomic E-state index is 5.54. The Morgan fingerprint density at radius 2 is 1.94 bits per heavy atom. The Kier molecular flexibility index (Phi) is 3.76. The summed E-state index contributed by atoms with van der Waals surface area (Å²) in [5.74, 6) is 0.672. The molecule has 1 N–H and O–H groups in total. The van der Waals surface area contributed by atoms with Crippen molar-refractivity contribution >= 4 is 11.0 Å². The molecule has 2 nitrogen and oxygen atoms in total. The van der Waals surface area contributed by atoms with Crippen LogP contribution in [0.5, 0.6) is 0 Å². The van der Waals surface area contributed by atoms with Gasteiger partial charge in [-0.25, -0.2) is 0 Å². The Morgan fingerprint density at radius 3 is 2.67 bits per heavy atom. The molecule has 0 aliphatic carbocycles. The van der Waals surface area contributed by atoms with E-state index in [4.69, 9.17) is 4.42 Å². The van der Waals surface area contributed by atoms with Crippen molar-refractivity contribution in [1.29, 1.82) is 0 Å². The van der Waals surface area contributed by atoms with Crippen LogP contribution in [0.3, 0.4) is 0 Å². The summed E-state index contributed by atoms with van der Waals surface area (Å²) in [6.07, 6.45) is 1.86. The fraction of sp³-hybridized carbons (Fsp3) is 0.500. The Labute approximate surface area is 109 Å². The minimum Gasteiger partial charge on any atom is -0.464 e. The molecule has 2 heteroatoms. The zero-order valence-corrected chi connectivity index (χ0v) is 11.8. The van der Waals surface area contributed by atoms with Crippen LogP contribution in [0.2, 0.25) is 0 Å². The first-order valence-electron chi connectivity index (χ1n) is 6.66. The number of rotatable bonds is 5. The van der Waals surface area contributed by atoms with Crippen LogP contribution in [-0.2, 0) is 6.54 Å². The van der Waals surface area contributed by atoms with Gasteiger partial charge in [-0.15, -0.1) is 0 Å². The van der Waals surface area contributed by atoms with E-state index in [1.54, 1.807) is 0 Å². The first-order chi connectivity index (χ1) is 8.50. The number of furan rings is 1. The van der Waals surface area contributed by atoms with E-state index >= 15 is 0 Å². The van der Waals surface area contributed by atoms with Gasteiger partial charge < -0.3 is 9.73 Å². The van der Waals surface area contributed by atoms with Crippen LogP contribution in [0.4, 0.5) is 0 Å². The molecule has 1 heterocycles. The highest BCUT2D eigenvalue weighted by Gasteiger charge is 2.21. The summed E-state index contributed by atoms with van der Waals surface area (Å²) in [4.78, 5) is 0. The molecule has 1 aromatic heterocycles. The fourth-order valence-corrected chi connectivity index (χ4v) is 1.89. The second-order valence-electron chi connectivity index (χ2n) is 6.00. The fourth-order valence-electron chi connectivity index (χ4n) is 1.89. The molecule has 2 aromatic rings. The monoisotopic (exact) mass is 245 g/mol. The Morgan fingerprint density at radius 1 is 1.22 bits per heavy atom. The molecule has 0 fully saturated rings. The molecule has 0 aliphatic rings. The predicted octanol–water partition coefficient (Wildman–Crippen LogP) is 4.20. The molecule has 18 heavy (non-hydrogen) atoms. The summed E-state index contributed by atoms with van der Waals surface area (Å²) < 4.78 is 5.54. The van der Waals surface area contributed by atoms with Gasteiger partial charge in [0.25, 0.3) is 0 Å². The number of para-hydroxylation sites is 1. The van der Waals surface area contributed by atoms with Crippen LogP contribution in [0.25, 0.3) is 11.0 Å². The summed E-state index contributed by atoms with van der Waals surface area (Å²) in [6, 6.07) is 8.19. The van der Waals surface area contributed by atoms with Gasteiger partial charge in [-0.05, 0) is 17.4 Å². The number of fused-ring (bicyclic) bond motifs is 1. The van der Waals surface area contributed by atoms with Crippen molar-refractivity contribution in [3.05, 3.63) is 36.1 Å².